The predicted molar refractivity (Wildman–Crippen MR) is 71.0 cm³/mol. The zero-order chi connectivity index (χ0) is 14.4. The van der Waals surface area contributed by atoms with Crippen LogP contribution in [-0.4, -0.2) is 41.9 Å². The number of aliphatic carboxylic acids is 1. The lowest BCUT2D eigenvalue weighted by Crippen LogP contribution is -2.52. The molecule has 0 aliphatic carbocycles. The third kappa shape index (κ3) is 5.06. The van der Waals surface area contributed by atoms with Crippen molar-refractivity contribution in [3.63, 3.8) is 0 Å². The Hall–Kier alpha value is -1.30. The molecule has 6 heteroatoms. The molecule has 0 radical (unpaired) electrons. The molecular formula is C13H24N2O4. The van der Waals surface area contributed by atoms with Crippen molar-refractivity contribution in [2.45, 2.75) is 58.2 Å². The van der Waals surface area contributed by atoms with Crippen LogP contribution >= 0.6 is 0 Å². The molecule has 1 saturated heterocycles. The van der Waals surface area contributed by atoms with E-state index in [9.17, 15) is 9.59 Å². The molecule has 0 aromatic carbocycles. The number of hydrogen-bond donors (Lipinski definition) is 3. The summed E-state index contributed by atoms with van der Waals surface area (Å²) in [5.74, 6) is -1.10. The fraction of sp³-hybridized carbons (Fsp3) is 0.846. The number of urea groups is 1. The van der Waals surface area contributed by atoms with Crippen molar-refractivity contribution >= 4 is 12.0 Å². The molecule has 1 fully saturated rings. The summed E-state index contributed by atoms with van der Waals surface area (Å²) >= 11 is 0. The van der Waals surface area contributed by atoms with E-state index in [1.807, 2.05) is 20.8 Å². The van der Waals surface area contributed by atoms with Crippen LogP contribution in [0.1, 0.15) is 40.0 Å². The minimum Gasteiger partial charge on any atom is -0.480 e. The summed E-state index contributed by atoms with van der Waals surface area (Å²) in [5.41, 5.74) is 0. The second kappa shape index (κ2) is 7.33. The molecule has 2 amide bonds. The van der Waals surface area contributed by atoms with E-state index in [1.165, 1.54) is 0 Å². The molecule has 1 rings (SSSR count). The highest BCUT2D eigenvalue weighted by atomic mass is 16.5. The first-order valence-electron chi connectivity index (χ1n) is 6.85. The Bertz CT molecular complexity index is 322. The highest BCUT2D eigenvalue weighted by Crippen LogP contribution is 2.13. The summed E-state index contributed by atoms with van der Waals surface area (Å²) in [4.78, 5) is 22.9. The highest BCUT2D eigenvalue weighted by Gasteiger charge is 2.27. The van der Waals surface area contributed by atoms with Gasteiger partial charge in [0.05, 0.1) is 6.10 Å². The third-order valence-corrected chi connectivity index (χ3v) is 3.59. The zero-order valence-corrected chi connectivity index (χ0v) is 11.8. The van der Waals surface area contributed by atoms with Crippen molar-refractivity contribution in [1.82, 2.24) is 10.6 Å². The van der Waals surface area contributed by atoms with Crippen LogP contribution in [0.25, 0.3) is 0 Å². The lowest BCUT2D eigenvalue weighted by atomic mass is 9.99. The van der Waals surface area contributed by atoms with Gasteiger partial charge in [-0.3, -0.25) is 0 Å². The van der Waals surface area contributed by atoms with Gasteiger partial charge in [0.25, 0.3) is 0 Å². The maximum Gasteiger partial charge on any atom is 0.326 e. The fourth-order valence-electron chi connectivity index (χ4n) is 2.18. The Morgan fingerprint density at radius 1 is 1.47 bits per heavy atom. The van der Waals surface area contributed by atoms with Gasteiger partial charge in [-0.15, -0.1) is 0 Å². The van der Waals surface area contributed by atoms with E-state index in [1.54, 1.807) is 0 Å². The van der Waals surface area contributed by atoms with E-state index in [2.05, 4.69) is 10.6 Å². The average Bonchev–Trinajstić information content (AvgIpc) is 2.34. The van der Waals surface area contributed by atoms with Crippen LogP contribution in [0.3, 0.4) is 0 Å². The third-order valence-electron chi connectivity index (χ3n) is 3.59. The van der Waals surface area contributed by atoms with E-state index < -0.39 is 18.0 Å². The number of carboxylic acid groups (broad SMARTS) is 1. The summed E-state index contributed by atoms with van der Waals surface area (Å²) in [5, 5.41) is 14.5. The Kier molecular flexibility index (Phi) is 6.08. The zero-order valence-electron chi connectivity index (χ0n) is 11.8. The number of nitrogens with one attached hydrogen (secondary N) is 2. The Labute approximate surface area is 113 Å². The molecule has 6 nitrogen and oxygen atoms in total. The normalized spacial score (nSPS) is 26.3. The van der Waals surface area contributed by atoms with E-state index >= 15 is 0 Å². The van der Waals surface area contributed by atoms with Crippen molar-refractivity contribution in [3.05, 3.63) is 0 Å². The van der Waals surface area contributed by atoms with Gasteiger partial charge in [0.2, 0.25) is 0 Å². The smallest absolute Gasteiger partial charge is 0.326 e. The minimum absolute atomic E-state index is 0.0510. The van der Waals surface area contributed by atoms with Crippen LogP contribution in [0.2, 0.25) is 0 Å². The molecule has 2 unspecified atom stereocenters. The topological polar surface area (TPSA) is 87.7 Å². The minimum atomic E-state index is -0.996. The molecule has 0 bridgehead atoms. The Morgan fingerprint density at radius 2 is 2.16 bits per heavy atom. The van der Waals surface area contributed by atoms with Crippen LogP contribution in [0, 0.1) is 5.92 Å². The summed E-state index contributed by atoms with van der Waals surface area (Å²) in [6.07, 6.45) is 2.35. The molecule has 1 heterocycles. The van der Waals surface area contributed by atoms with Crippen LogP contribution in [0.5, 0.6) is 0 Å². The average molecular weight is 272 g/mol. The number of hydrogen-bond acceptors (Lipinski definition) is 3. The van der Waals surface area contributed by atoms with Gasteiger partial charge < -0.3 is 20.5 Å². The molecule has 3 N–H and O–H groups in total. The number of amides is 2. The van der Waals surface area contributed by atoms with Gasteiger partial charge in [-0.2, -0.15) is 0 Å². The molecule has 0 saturated carbocycles. The summed E-state index contributed by atoms with van der Waals surface area (Å²) in [7, 11) is 0. The molecule has 0 spiro atoms. The maximum atomic E-state index is 11.8. The number of ether oxygens (including phenoxy) is 1. The Morgan fingerprint density at radius 3 is 2.68 bits per heavy atom. The van der Waals surface area contributed by atoms with E-state index in [0.29, 0.717) is 13.0 Å². The lowest BCUT2D eigenvalue weighted by molar-refractivity contribution is -0.140. The molecule has 4 atom stereocenters. The van der Waals surface area contributed by atoms with Crippen LogP contribution in [0.4, 0.5) is 4.79 Å². The second-order valence-corrected chi connectivity index (χ2v) is 5.22. The highest BCUT2D eigenvalue weighted by molar-refractivity contribution is 5.82. The number of carbonyl (C=O) groups is 2. The number of rotatable bonds is 5. The first-order chi connectivity index (χ1) is 8.93. The van der Waals surface area contributed by atoms with Crippen molar-refractivity contribution in [3.8, 4) is 0 Å². The van der Waals surface area contributed by atoms with Crippen LogP contribution in [-0.2, 0) is 9.53 Å². The fourth-order valence-corrected chi connectivity index (χ4v) is 2.18. The number of carbonyl (C=O) groups excluding carboxylic acids is 1. The van der Waals surface area contributed by atoms with E-state index in [-0.39, 0.29) is 18.1 Å². The molecule has 110 valence electrons. The van der Waals surface area contributed by atoms with E-state index in [0.717, 1.165) is 12.8 Å². The van der Waals surface area contributed by atoms with Gasteiger partial charge in [0.1, 0.15) is 6.04 Å². The molecule has 19 heavy (non-hydrogen) atoms. The first kappa shape index (κ1) is 15.8. The molecule has 1 aliphatic rings. The summed E-state index contributed by atoms with van der Waals surface area (Å²) in [6, 6.07) is -1.20. The Balaban J connectivity index is 2.46. The second-order valence-electron chi connectivity index (χ2n) is 5.22. The standard InChI is InChI=1S/C13H24N2O4/c1-4-8(2)11(12(16)17)15-13(18)14-10-5-6-19-9(3)7-10/h8-11H,4-7H2,1-3H3,(H,16,17)(H2,14,15,18)/t8-,9?,10?,11-/m0/s1. The van der Waals surface area contributed by atoms with Gasteiger partial charge >= 0.3 is 12.0 Å². The van der Waals surface area contributed by atoms with Crippen molar-refractivity contribution in [1.29, 1.82) is 0 Å². The van der Waals surface area contributed by atoms with Crippen LogP contribution < -0.4 is 10.6 Å². The van der Waals surface area contributed by atoms with Crippen molar-refractivity contribution < 1.29 is 19.4 Å². The van der Waals surface area contributed by atoms with Gasteiger partial charge in [-0.25, -0.2) is 9.59 Å². The van der Waals surface area contributed by atoms with Crippen molar-refractivity contribution in [2.24, 2.45) is 5.92 Å². The van der Waals surface area contributed by atoms with E-state index in [4.69, 9.17) is 9.84 Å². The van der Waals surface area contributed by atoms with Crippen LogP contribution in [0.15, 0.2) is 0 Å². The summed E-state index contributed by atoms with van der Waals surface area (Å²) < 4.78 is 5.40. The number of carboxylic acids is 1. The lowest BCUT2D eigenvalue weighted by Gasteiger charge is -2.29. The predicted octanol–water partition coefficient (Wildman–Crippen LogP) is 1.35. The monoisotopic (exact) mass is 272 g/mol. The summed E-state index contributed by atoms with van der Waals surface area (Å²) in [6.45, 7) is 6.31. The van der Waals surface area contributed by atoms with Gasteiger partial charge in [0, 0.05) is 12.6 Å². The first-order valence-corrected chi connectivity index (χ1v) is 6.85. The molecule has 0 aromatic heterocycles. The largest absolute Gasteiger partial charge is 0.480 e. The molecule has 1 aliphatic heterocycles. The van der Waals surface area contributed by atoms with Gasteiger partial charge in [-0.05, 0) is 25.7 Å². The SMILES string of the molecule is CC[C@H](C)[C@H](NC(=O)NC1CCOC(C)C1)C(=O)O. The maximum absolute atomic E-state index is 11.8. The molecular weight excluding hydrogens is 248 g/mol. The molecule has 0 aromatic rings. The van der Waals surface area contributed by atoms with Gasteiger partial charge in [-0.1, -0.05) is 20.3 Å². The van der Waals surface area contributed by atoms with Gasteiger partial charge in [0.15, 0.2) is 0 Å². The van der Waals surface area contributed by atoms with Crippen molar-refractivity contribution in [2.75, 3.05) is 6.61 Å². The quantitative estimate of drug-likeness (QED) is 0.705.